The van der Waals surface area contributed by atoms with E-state index >= 15 is 0 Å². The third-order valence-corrected chi connectivity index (χ3v) is 4.69. The van der Waals surface area contributed by atoms with E-state index in [9.17, 15) is 18.0 Å². The van der Waals surface area contributed by atoms with Gasteiger partial charge in [-0.2, -0.15) is 13.2 Å². The molecule has 0 radical (unpaired) electrons. The molecule has 1 aliphatic rings. The van der Waals surface area contributed by atoms with Crippen molar-refractivity contribution >= 4 is 16.7 Å². The van der Waals surface area contributed by atoms with E-state index in [1.807, 2.05) is 19.1 Å². The molecule has 1 saturated heterocycles. The predicted molar refractivity (Wildman–Crippen MR) is 97.2 cm³/mol. The molecule has 1 aliphatic heterocycles. The molecule has 3 rings (SSSR count). The van der Waals surface area contributed by atoms with Crippen LogP contribution < -0.4 is 10.2 Å². The first-order valence-electron chi connectivity index (χ1n) is 8.93. The van der Waals surface area contributed by atoms with Crippen LogP contribution in [-0.4, -0.2) is 30.2 Å². The zero-order chi connectivity index (χ0) is 19.8. The number of nitrogens with one attached hydrogen (secondary N) is 1. The zero-order valence-corrected chi connectivity index (χ0v) is 15.6. The number of halogens is 3. The molecule has 1 fully saturated rings. The fourth-order valence-corrected chi connectivity index (χ4v) is 3.29. The van der Waals surface area contributed by atoms with Gasteiger partial charge >= 0.3 is 6.18 Å². The van der Waals surface area contributed by atoms with Crippen molar-refractivity contribution in [1.82, 2.24) is 10.4 Å². The van der Waals surface area contributed by atoms with Gasteiger partial charge in [0.15, 0.2) is 0 Å². The minimum Gasteiger partial charge on any atom is -0.493 e. The van der Waals surface area contributed by atoms with Crippen molar-refractivity contribution in [2.75, 3.05) is 13.2 Å². The van der Waals surface area contributed by atoms with E-state index in [0.717, 1.165) is 16.8 Å². The lowest BCUT2D eigenvalue weighted by atomic mass is 9.93. The maximum absolute atomic E-state index is 13.9. The Bertz CT molecular complexity index is 849. The second-order valence-corrected chi connectivity index (χ2v) is 7.48. The van der Waals surface area contributed by atoms with E-state index in [4.69, 9.17) is 4.74 Å². The standard InChI is InChI=1S/C20H23F3N2O2/c1-4-10-27-16-7-5-6-13-8-9-14(11-15(13)16)17(20(21,22)23)25-12-19(2,3)18(26)24-25/h5-9,11,17H,4,10,12H2,1-3H3,(H,24,26)/t17-/m0/s1. The molecule has 146 valence electrons. The Hall–Kier alpha value is -2.28. The van der Waals surface area contributed by atoms with Gasteiger partial charge in [-0.3, -0.25) is 10.2 Å². The molecule has 4 nitrogen and oxygen atoms in total. The molecule has 27 heavy (non-hydrogen) atoms. The van der Waals surface area contributed by atoms with Crippen LogP contribution in [0.2, 0.25) is 0 Å². The number of ether oxygens (including phenoxy) is 1. The van der Waals surface area contributed by atoms with Crippen LogP contribution in [0.3, 0.4) is 0 Å². The average molecular weight is 380 g/mol. The van der Waals surface area contributed by atoms with Gasteiger partial charge in [0.25, 0.3) is 0 Å². The smallest absolute Gasteiger partial charge is 0.409 e. The van der Waals surface area contributed by atoms with Gasteiger partial charge in [0.05, 0.1) is 12.0 Å². The molecule has 7 heteroatoms. The number of fused-ring (bicyclic) bond motifs is 1. The molecule has 1 amide bonds. The molecule has 1 N–H and O–H groups in total. The summed E-state index contributed by atoms with van der Waals surface area (Å²) in [5.74, 6) is 0.146. The largest absolute Gasteiger partial charge is 0.493 e. The summed E-state index contributed by atoms with van der Waals surface area (Å²) in [5.41, 5.74) is 1.58. The number of carbonyl (C=O) groups excluding carboxylic acids is 1. The third kappa shape index (κ3) is 3.88. The monoisotopic (exact) mass is 380 g/mol. The molecule has 2 aromatic rings. The maximum Gasteiger partial charge on any atom is 0.409 e. The van der Waals surface area contributed by atoms with Crippen molar-refractivity contribution in [3.63, 3.8) is 0 Å². The molecule has 2 aromatic carbocycles. The number of hydrogen-bond acceptors (Lipinski definition) is 3. The van der Waals surface area contributed by atoms with Crippen LogP contribution in [-0.2, 0) is 4.79 Å². The lowest BCUT2D eigenvalue weighted by molar-refractivity contribution is -0.191. The number of benzene rings is 2. The Kier molecular flexibility index (Phi) is 5.08. The number of nitrogens with zero attached hydrogens (tertiary/aromatic N) is 1. The van der Waals surface area contributed by atoms with Gasteiger partial charge in [0, 0.05) is 11.9 Å². The fourth-order valence-electron chi connectivity index (χ4n) is 3.29. The second kappa shape index (κ2) is 7.03. The topological polar surface area (TPSA) is 41.6 Å². The van der Waals surface area contributed by atoms with Gasteiger partial charge in [0.1, 0.15) is 11.8 Å². The molecule has 0 aliphatic carbocycles. The van der Waals surface area contributed by atoms with Gasteiger partial charge in [-0.05, 0) is 43.4 Å². The van der Waals surface area contributed by atoms with E-state index < -0.39 is 23.5 Å². The summed E-state index contributed by atoms with van der Waals surface area (Å²) >= 11 is 0. The Morgan fingerprint density at radius 1 is 1.26 bits per heavy atom. The Morgan fingerprint density at radius 3 is 2.59 bits per heavy atom. The first-order valence-corrected chi connectivity index (χ1v) is 8.93. The maximum atomic E-state index is 13.9. The Labute approximate surface area is 156 Å². The van der Waals surface area contributed by atoms with Crippen LogP contribution in [0, 0.1) is 5.41 Å². The summed E-state index contributed by atoms with van der Waals surface area (Å²) in [5, 5.41) is 2.42. The Balaban J connectivity index is 2.05. The van der Waals surface area contributed by atoms with Crippen molar-refractivity contribution in [1.29, 1.82) is 0 Å². The second-order valence-electron chi connectivity index (χ2n) is 7.48. The predicted octanol–water partition coefficient (Wildman–Crippen LogP) is 4.61. The lowest BCUT2D eigenvalue weighted by Crippen LogP contribution is -2.43. The SMILES string of the molecule is CCCOc1cccc2ccc([C@H](N3CC(C)(C)C(=O)N3)C(F)(F)F)cc12. The lowest BCUT2D eigenvalue weighted by Gasteiger charge is -2.30. The van der Waals surface area contributed by atoms with Gasteiger partial charge in [0.2, 0.25) is 5.91 Å². The number of hydrazine groups is 1. The minimum absolute atomic E-state index is 0.0258. The van der Waals surface area contributed by atoms with Crippen molar-refractivity contribution in [3.05, 3.63) is 42.0 Å². The zero-order valence-electron chi connectivity index (χ0n) is 15.6. The van der Waals surface area contributed by atoms with E-state index in [1.54, 1.807) is 26.0 Å². The van der Waals surface area contributed by atoms with Gasteiger partial charge in [-0.25, -0.2) is 5.01 Å². The highest BCUT2D eigenvalue weighted by Crippen LogP contribution is 2.41. The number of rotatable bonds is 5. The van der Waals surface area contributed by atoms with Crippen LogP contribution in [0.4, 0.5) is 13.2 Å². The highest BCUT2D eigenvalue weighted by molar-refractivity contribution is 5.89. The van der Waals surface area contributed by atoms with Crippen molar-refractivity contribution in [2.45, 2.75) is 39.4 Å². The molecular weight excluding hydrogens is 357 g/mol. The summed E-state index contributed by atoms with van der Waals surface area (Å²) in [4.78, 5) is 12.0. The van der Waals surface area contributed by atoms with Crippen LogP contribution >= 0.6 is 0 Å². The van der Waals surface area contributed by atoms with Crippen LogP contribution in [0.5, 0.6) is 5.75 Å². The highest BCUT2D eigenvalue weighted by atomic mass is 19.4. The molecule has 0 spiro atoms. The summed E-state index contributed by atoms with van der Waals surface area (Å²) in [7, 11) is 0. The quantitative estimate of drug-likeness (QED) is 0.824. The van der Waals surface area contributed by atoms with Gasteiger partial charge < -0.3 is 4.74 Å². The van der Waals surface area contributed by atoms with Crippen LogP contribution in [0.15, 0.2) is 36.4 Å². The molecule has 1 heterocycles. The number of alkyl halides is 3. The Morgan fingerprint density at radius 2 is 2.00 bits per heavy atom. The van der Waals surface area contributed by atoms with Gasteiger partial charge in [-0.15, -0.1) is 0 Å². The molecule has 0 saturated carbocycles. The number of carbonyl (C=O) groups is 1. The van der Waals surface area contributed by atoms with E-state index in [2.05, 4.69) is 5.43 Å². The molecular formula is C20H23F3N2O2. The summed E-state index contributed by atoms with van der Waals surface area (Å²) in [6.45, 7) is 5.69. The van der Waals surface area contributed by atoms with Crippen LogP contribution in [0.25, 0.3) is 10.8 Å². The fraction of sp³-hybridized carbons (Fsp3) is 0.450. The van der Waals surface area contributed by atoms with E-state index in [0.29, 0.717) is 17.7 Å². The molecule has 0 aromatic heterocycles. The van der Waals surface area contributed by atoms with Gasteiger partial charge in [-0.1, -0.05) is 31.2 Å². The van der Waals surface area contributed by atoms with Crippen molar-refractivity contribution < 1.29 is 22.7 Å². The summed E-state index contributed by atoms with van der Waals surface area (Å²) in [6, 6.07) is 8.11. The summed E-state index contributed by atoms with van der Waals surface area (Å²) < 4.78 is 47.4. The van der Waals surface area contributed by atoms with E-state index in [-0.39, 0.29) is 12.1 Å². The molecule has 0 unspecified atom stereocenters. The van der Waals surface area contributed by atoms with Crippen LogP contribution in [0.1, 0.15) is 38.8 Å². The molecule has 1 atom stereocenters. The number of amides is 1. The summed E-state index contributed by atoms with van der Waals surface area (Å²) in [6.07, 6.45) is -3.74. The minimum atomic E-state index is -4.54. The normalized spacial score (nSPS) is 18.5. The van der Waals surface area contributed by atoms with Crippen molar-refractivity contribution in [3.8, 4) is 5.75 Å². The van der Waals surface area contributed by atoms with Crippen molar-refractivity contribution in [2.24, 2.45) is 5.41 Å². The highest BCUT2D eigenvalue weighted by Gasteiger charge is 2.51. The van der Waals surface area contributed by atoms with E-state index in [1.165, 1.54) is 12.1 Å². The first kappa shape index (κ1) is 19.5. The molecule has 0 bridgehead atoms. The average Bonchev–Trinajstić information content (AvgIpc) is 2.84. The third-order valence-electron chi connectivity index (χ3n) is 4.69. The first-order chi connectivity index (χ1) is 12.6. The number of hydrogen-bond donors (Lipinski definition) is 1.